The first-order valence-electron chi connectivity index (χ1n) is 5.28. The van der Waals surface area contributed by atoms with Gasteiger partial charge in [-0.1, -0.05) is 19.1 Å². The molecule has 0 amide bonds. The summed E-state index contributed by atoms with van der Waals surface area (Å²) in [6.07, 6.45) is 8.28. The van der Waals surface area contributed by atoms with Crippen LogP contribution in [0.25, 0.3) is 0 Å². The summed E-state index contributed by atoms with van der Waals surface area (Å²) < 4.78 is 5.23. The van der Waals surface area contributed by atoms with E-state index in [1.807, 2.05) is 0 Å². The van der Waals surface area contributed by atoms with Crippen molar-refractivity contribution in [1.29, 1.82) is 0 Å². The number of unbranched alkanes of at least 4 members (excludes halogenated alkanes) is 2. The van der Waals surface area contributed by atoms with Crippen LogP contribution in [0.2, 0.25) is 0 Å². The van der Waals surface area contributed by atoms with Crippen LogP contribution < -0.4 is 0 Å². The molecule has 0 saturated carbocycles. The molecule has 2 nitrogen and oxygen atoms in total. The van der Waals surface area contributed by atoms with Crippen LogP contribution in [-0.2, 0) is 4.74 Å². The average molecular weight is 221 g/mol. The predicted octanol–water partition coefficient (Wildman–Crippen LogP) is 2.74. The second kappa shape index (κ2) is 11.0. The third kappa shape index (κ3) is 10.0. The third-order valence-corrected chi connectivity index (χ3v) is 2.16. The summed E-state index contributed by atoms with van der Waals surface area (Å²) in [4.78, 5) is 0. The highest BCUT2D eigenvalue weighted by Crippen LogP contribution is 1.98. The van der Waals surface area contributed by atoms with Gasteiger partial charge in [0.15, 0.2) is 0 Å². The first kappa shape index (κ1) is 13.9. The largest absolute Gasteiger partial charge is 0.389 e. The Balaban J connectivity index is 3.02. The van der Waals surface area contributed by atoms with E-state index >= 15 is 0 Å². The maximum Gasteiger partial charge on any atom is 0.0908 e. The Morgan fingerprint density at radius 2 is 2.14 bits per heavy atom. The maximum absolute atomic E-state index is 9.06. The third-order valence-electron chi connectivity index (χ3n) is 1.80. The smallest absolute Gasteiger partial charge is 0.0908 e. The second-order valence-corrected chi connectivity index (χ2v) is 3.57. The quantitative estimate of drug-likeness (QED) is 0.368. The molecule has 0 radical (unpaired) electrons. The number of ether oxygens (including phenoxy) is 1. The van der Waals surface area contributed by atoms with Crippen LogP contribution in [-0.4, -0.2) is 30.3 Å². The number of rotatable bonds is 9. The Morgan fingerprint density at radius 3 is 2.79 bits per heavy atom. The summed E-state index contributed by atoms with van der Waals surface area (Å²) in [7, 11) is 0. The predicted molar refractivity (Wildman–Crippen MR) is 60.8 cm³/mol. The number of hydrogen-bond acceptors (Lipinski definition) is 2. The van der Waals surface area contributed by atoms with E-state index in [4.69, 9.17) is 21.4 Å². The molecule has 0 spiro atoms. The number of alkyl halides is 1. The van der Waals surface area contributed by atoms with Gasteiger partial charge in [0.25, 0.3) is 0 Å². The van der Waals surface area contributed by atoms with Crippen molar-refractivity contribution >= 4 is 11.6 Å². The van der Waals surface area contributed by atoms with E-state index < -0.39 is 6.10 Å². The fourth-order valence-corrected chi connectivity index (χ4v) is 1.10. The van der Waals surface area contributed by atoms with E-state index in [1.54, 1.807) is 0 Å². The van der Waals surface area contributed by atoms with Gasteiger partial charge >= 0.3 is 0 Å². The van der Waals surface area contributed by atoms with Gasteiger partial charge in [0.1, 0.15) is 0 Å². The van der Waals surface area contributed by atoms with Crippen molar-refractivity contribution in [3.8, 4) is 0 Å². The molecule has 0 aliphatic carbocycles. The van der Waals surface area contributed by atoms with E-state index in [-0.39, 0.29) is 5.88 Å². The van der Waals surface area contributed by atoms with Crippen LogP contribution in [0, 0.1) is 0 Å². The molecule has 0 aromatic carbocycles. The summed E-state index contributed by atoms with van der Waals surface area (Å²) >= 11 is 5.41. The molecule has 84 valence electrons. The van der Waals surface area contributed by atoms with Gasteiger partial charge in [-0.2, -0.15) is 0 Å². The van der Waals surface area contributed by atoms with E-state index in [9.17, 15) is 0 Å². The highest BCUT2D eigenvalue weighted by atomic mass is 35.5. The van der Waals surface area contributed by atoms with E-state index in [2.05, 4.69) is 19.1 Å². The first-order valence-corrected chi connectivity index (χ1v) is 5.81. The topological polar surface area (TPSA) is 29.5 Å². The molecule has 0 rings (SSSR count). The van der Waals surface area contributed by atoms with Gasteiger partial charge in [-0.3, -0.25) is 0 Å². The lowest BCUT2D eigenvalue weighted by molar-refractivity contribution is 0.0464. The van der Waals surface area contributed by atoms with Crippen LogP contribution in [0.4, 0.5) is 0 Å². The number of halogens is 1. The van der Waals surface area contributed by atoms with Crippen molar-refractivity contribution < 1.29 is 9.84 Å². The van der Waals surface area contributed by atoms with Gasteiger partial charge in [-0.25, -0.2) is 0 Å². The van der Waals surface area contributed by atoms with Gasteiger partial charge in [0, 0.05) is 6.61 Å². The fourth-order valence-electron chi connectivity index (χ4n) is 1.01. The lowest BCUT2D eigenvalue weighted by Crippen LogP contribution is -2.17. The molecule has 1 N–H and O–H groups in total. The van der Waals surface area contributed by atoms with Crippen LogP contribution in [0.5, 0.6) is 0 Å². The molecule has 1 atom stereocenters. The minimum Gasteiger partial charge on any atom is -0.389 e. The van der Waals surface area contributed by atoms with Crippen LogP contribution >= 0.6 is 11.6 Å². The summed E-state index contributed by atoms with van der Waals surface area (Å²) in [5.41, 5.74) is 0. The maximum atomic E-state index is 9.06. The highest BCUT2D eigenvalue weighted by Gasteiger charge is 2.00. The Morgan fingerprint density at radius 1 is 1.36 bits per heavy atom. The molecular formula is C11H21ClO2. The van der Waals surface area contributed by atoms with Crippen molar-refractivity contribution in [2.75, 3.05) is 19.1 Å². The van der Waals surface area contributed by atoms with E-state index in [0.29, 0.717) is 13.2 Å². The summed E-state index contributed by atoms with van der Waals surface area (Å²) in [6, 6.07) is 0. The molecular weight excluding hydrogens is 200 g/mol. The molecule has 0 fully saturated rings. The molecule has 0 aliphatic heterocycles. The minimum absolute atomic E-state index is 0.249. The molecule has 3 heteroatoms. The monoisotopic (exact) mass is 220 g/mol. The van der Waals surface area contributed by atoms with E-state index in [1.165, 1.54) is 0 Å². The SMILES string of the molecule is CC/C=C/CCCCOCC(O)CCl. The second-order valence-electron chi connectivity index (χ2n) is 3.26. The first-order chi connectivity index (χ1) is 6.81. The molecule has 0 heterocycles. The molecule has 1 unspecified atom stereocenters. The van der Waals surface area contributed by atoms with Gasteiger partial charge in [-0.15, -0.1) is 11.6 Å². The summed E-state index contributed by atoms with van der Waals surface area (Å²) in [6.45, 7) is 3.20. The van der Waals surface area contributed by atoms with Crippen molar-refractivity contribution in [2.24, 2.45) is 0 Å². The molecule has 0 aromatic heterocycles. The Kier molecular flexibility index (Phi) is 11.0. The molecule has 0 aliphatic rings. The average Bonchev–Trinajstić information content (AvgIpc) is 2.21. The summed E-state index contributed by atoms with van der Waals surface area (Å²) in [5.74, 6) is 0.249. The number of aliphatic hydroxyl groups excluding tert-OH is 1. The molecule has 0 saturated heterocycles. The lowest BCUT2D eigenvalue weighted by atomic mass is 10.2. The lowest BCUT2D eigenvalue weighted by Gasteiger charge is -2.07. The van der Waals surface area contributed by atoms with Crippen molar-refractivity contribution in [3.63, 3.8) is 0 Å². The number of aliphatic hydroxyl groups is 1. The Labute approximate surface area is 91.9 Å². The van der Waals surface area contributed by atoms with Crippen molar-refractivity contribution in [1.82, 2.24) is 0 Å². The van der Waals surface area contributed by atoms with Gasteiger partial charge in [-0.05, 0) is 25.7 Å². The minimum atomic E-state index is -0.517. The Bertz CT molecular complexity index is 137. The normalized spacial score (nSPS) is 13.6. The van der Waals surface area contributed by atoms with Gasteiger partial charge < -0.3 is 9.84 Å². The number of hydrogen-bond donors (Lipinski definition) is 1. The summed E-state index contributed by atoms with van der Waals surface area (Å²) in [5, 5.41) is 9.06. The zero-order valence-corrected chi connectivity index (χ0v) is 9.67. The van der Waals surface area contributed by atoms with Crippen LogP contribution in [0.1, 0.15) is 32.6 Å². The standard InChI is InChI=1S/C11H21ClO2/c1-2-3-4-5-6-7-8-14-10-11(13)9-12/h3-4,11,13H,2,5-10H2,1H3/b4-3+. The van der Waals surface area contributed by atoms with Crippen molar-refractivity contribution in [2.45, 2.75) is 38.7 Å². The van der Waals surface area contributed by atoms with Gasteiger partial charge in [0.05, 0.1) is 18.6 Å². The Hall–Kier alpha value is -0.0500. The highest BCUT2D eigenvalue weighted by molar-refractivity contribution is 6.18. The van der Waals surface area contributed by atoms with E-state index in [0.717, 1.165) is 25.7 Å². The van der Waals surface area contributed by atoms with Crippen LogP contribution in [0.15, 0.2) is 12.2 Å². The molecule has 0 aromatic rings. The fraction of sp³-hybridized carbons (Fsp3) is 0.818. The van der Waals surface area contributed by atoms with Crippen molar-refractivity contribution in [3.05, 3.63) is 12.2 Å². The van der Waals surface area contributed by atoms with Crippen LogP contribution in [0.3, 0.4) is 0 Å². The van der Waals surface area contributed by atoms with Gasteiger partial charge in [0.2, 0.25) is 0 Å². The zero-order chi connectivity index (χ0) is 10.6. The number of allylic oxidation sites excluding steroid dienone is 2. The zero-order valence-electron chi connectivity index (χ0n) is 8.92. The molecule has 0 bridgehead atoms. The molecule has 14 heavy (non-hydrogen) atoms.